The van der Waals surface area contributed by atoms with Gasteiger partial charge in [-0.2, -0.15) is 4.31 Å². The second kappa shape index (κ2) is 7.49. The highest BCUT2D eigenvalue weighted by molar-refractivity contribution is 7.88. The van der Waals surface area contributed by atoms with Crippen LogP contribution in [0.3, 0.4) is 0 Å². The molecule has 7 heteroatoms. The Morgan fingerprint density at radius 3 is 2.39 bits per heavy atom. The van der Waals surface area contributed by atoms with E-state index in [1.54, 1.807) is 12.0 Å². The first-order chi connectivity index (χ1) is 10.8. The van der Waals surface area contributed by atoms with Crippen molar-refractivity contribution in [2.75, 3.05) is 27.0 Å². The van der Waals surface area contributed by atoms with Crippen LogP contribution in [-0.4, -0.2) is 68.7 Å². The summed E-state index contributed by atoms with van der Waals surface area (Å²) in [6, 6.07) is -0.489. The summed E-state index contributed by atoms with van der Waals surface area (Å²) in [5, 5.41) is 0. The summed E-state index contributed by atoms with van der Waals surface area (Å²) in [4.78, 5) is 14.7. The summed E-state index contributed by atoms with van der Waals surface area (Å²) in [5.74, 6) is 0.414. The third-order valence-corrected chi connectivity index (χ3v) is 6.81. The van der Waals surface area contributed by atoms with E-state index in [4.69, 9.17) is 4.74 Å². The molecule has 1 saturated carbocycles. The van der Waals surface area contributed by atoms with E-state index in [0.717, 1.165) is 19.1 Å². The second-order valence-corrected chi connectivity index (χ2v) is 8.96. The molecule has 1 aliphatic heterocycles. The predicted molar refractivity (Wildman–Crippen MR) is 89.6 cm³/mol. The van der Waals surface area contributed by atoms with Crippen molar-refractivity contribution >= 4 is 15.9 Å². The molecule has 0 bridgehead atoms. The van der Waals surface area contributed by atoms with Crippen molar-refractivity contribution in [2.45, 2.75) is 63.6 Å². The predicted octanol–water partition coefficient (Wildman–Crippen LogP) is 1.46. The van der Waals surface area contributed by atoms with Gasteiger partial charge in [-0.05, 0) is 25.7 Å². The molecule has 0 spiro atoms. The zero-order valence-corrected chi connectivity index (χ0v) is 15.5. The highest BCUT2D eigenvalue weighted by Crippen LogP contribution is 2.30. The Hall–Kier alpha value is -0.660. The molecule has 0 radical (unpaired) electrons. The topological polar surface area (TPSA) is 66.9 Å². The minimum atomic E-state index is -3.42. The van der Waals surface area contributed by atoms with E-state index in [9.17, 15) is 13.2 Å². The molecule has 0 aromatic carbocycles. The molecule has 1 heterocycles. The average molecular weight is 346 g/mol. The van der Waals surface area contributed by atoms with Crippen molar-refractivity contribution in [2.24, 2.45) is 5.92 Å². The minimum absolute atomic E-state index is 0.104. The first kappa shape index (κ1) is 18.7. The molecule has 1 unspecified atom stereocenters. The number of sulfonamides is 1. The number of ether oxygens (including phenoxy) is 1. The summed E-state index contributed by atoms with van der Waals surface area (Å²) in [6.45, 7) is 2.35. The van der Waals surface area contributed by atoms with Crippen LogP contribution in [0.25, 0.3) is 0 Å². The number of amides is 1. The zero-order chi connectivity index (χ0) is 17.2. The number of hydrogen-bond donors (Lipinski definition) is 0. The Labute approximate surface area is 140 Å². The molecule has 134 valence electrons. The minimum Gasteiger partial charge on any atom is -0.380 e. The highest BCUT2D eigenvalue weighted by Gasteiger charge is 2.44. The van der Waals surface area contributed by atoms with Crippen molar-refractivity contribution in [1.82, 2.24) is 9.21 Å². The molecule has 2 rings (SSSR count). The van der Waals surface area contributed by atoms with Crippen molar-refractivity contribution in [3.63, 3.8) is 0 Å². The van der Waals surface area contributed by atoms with Crippen LogP contribution in [0.5, 0.6) is 0 Å². The van der Waals surface area contributed by atoms with Gasteiger partial charge in [-0.15, -0.1) is 0 Å². The molecule has 6 nitrogen and oxygen atoms in total. The van der Waals surface area contributed by atoms with Crippen LogP contribution in [0.1, 0.15) is 45.4 Å². The Balaban J connectivity index is 2.10. The summed E-state index contributed by atoms with van der Waals surface area (Å²) in [7, 11) is -0.0484. The fraction of sp³-hybridized carbons (Fsp3) is 0.938. The van der Waals surface area contributed by atoms with Crippen LogP contribution in [-0.2, 0) is 19.6 Å². The third-order valence-electron chi connectivity index (χ3n) is 5.55. The SMILES string of the molecule is CO[C@H]1C[C@H](C(=O)N(C)C(C)C2CCCCC2)N(S(C)(=O)=O)C1. The third kappa shape index (κ3) is 4.25. The van der Waals surface area contributed by atoms with E-state index in [1.807, 2.05) is 7.05 Å². The first-order valence-electron chi connectivity index (χ1n) is 8.52. The molecule has 23 heavy (non-hydrogen) atoms. The highest BCUT2D eigenvalue weighted by atomic mass is 32.2. The smallest absolute Gasteiger partial charge is 0.241 e. The van der Waals surface area contributed by atoms with Gasteiger partial charge in [-0.3, -0.25) is 4.79 Å². The van der Waals surface area contributed by atoms with Crippen LogP contribution in [0, 0.1) is 5.92 Å². The molecule has 1 saturated heterocycles. The van der Waals surface area contributed by atoms with Gasteiger partial charge in [0.05, 0.1) is 12.4 Å². The van der Waals surface area contributed by atoms with Gasteiger partial charge in [0.2, 0.25) is 15.9 Å². The molecular formula is C16H30N2O4S. The molecule has 3 atom stereocenters. The molecular weight excluding hydrogens is 316 g/mol. The summed E-state index contributed by atoms with van der Waals surface area (Å²) in [6.07, 6.45) is 7.42. The number of carbonyl (C=O) groups excluding carboxylic acids is 1. The molecule has 1 aliphatic carbocycles. The maximum Gasteiger partial charge on any atom is 0.241 e. The zero-order valence-electron chi connectivity index (χ0n) is 14.7. The Bertz CT molecular complexity index is 516. The summed E-state index contributed by atoms with van der Waals surface area (Å²) >= 11 is 0. The quantitative estimate of drug-likeness (QED) is 0.756. The average Bonchev–Trinajstić information content (AvgIpc) is 2.98. The lowest BCUT2D eigenvalue weighted by Crippen LogP contribution is -2.50. The lowest BCUT2D eigenvalue weighted by atomic mass is 9.84. The number of nitrogens with zero attached hydrogens (tertiary/aromatic N) is 2. The number of methoxy groups -OCH3 is 1. The fourth-order valence-corrected chi connectivity index (χ4v) is 4.97. The summed E-state index contributed by atoms with van der Waals surface area (Å²) < 4.78 is 30.6. The maximum atomic E-state index is 12.9. The summed E-state index contributed by atoms with van der Waals surface area (Å²) in [5.41, 5.74) is 0. The lowest BCUT2D eigenvalue weighted by molar-refractivity contribution is -0.136. The van der Waals surface area contributed by atoms with Gasteiger partial charge in [0.15, 0.2) is 0 Å². The van der Waals surface area contributed by atoms with E-state index < -0.39 is 16.1 Å². The van der Waals surface area contributed by atoms with Gasteiger partial charge in [0.1, 0.15) is 6.04 Å². The van der Waals surface area contributed by atoms with Gasteiger partial charge < -0.3 is 9.64 Å². The monoisotopic (exact) mass is 346 g/mol. The second-order valence-electron chi connectivity index (χ2n) is 7.03. The fourth-order valence-electron chi connectivity index (χ4n) is 3.90. The van der Waals surface area contributed by atoms with Crippen LogP contribution in [0.15, 0.2) is 0 Å². The number of rotatable bonds is 5. The molecule has 2 fully saturated rings. The van der Waals surface area contributed by atoms with Gasteiger partial charge >= 0.3 is 0 Å². The van der Waals surface area contributed by atoms with E-state index >= 15 is 0 Å². The maximum absolute atomic E-state index is 12.9. The van der Waals surface area contributed by atoms with Crippen molar-refractivity contribution in [3.05, 3.63) is 0 Å². The first-order valence-corrected chi connectivity index (χ1v) is 10.4. The van der Waals surface area contributed by atoms with Crippen LogP contribution >= 0.6 is 0 Å². The van der Waals surface area contributed by atoms with E-state index in [2.05, 4.69) is 6.92 Å². The largest absolute Gasteiger partial charge is 0.380 e. The lowest BCUT2D eigenvalue weighted by Gasteiger charge is -2.36. The standard InChI is InChI=1S/C16H30N2O4S/c1-12(13-8-6-5-7-9-13)17(2)16(19)15-10-14(22-3)11-18(15)23(4,20)21/h12-15H,5-11H2,1-4H3/t12?,14-,15+/m0/s1. The molecule has 0 aromatic rings. The van der Waals surface area contributed by atoms with Crippen LogP contribution in [0.2, 0.25) is 0 Å². The van der Waals surface area contributed by atoms with Crippen molar-refractivity contribution in [1.29, 1.82) is 0 Å². The van der Waals surface area contributed by atoms with E-state index in [-0.39, 0.29) is 24.6 Å². The van der Waals surface area contributed by atoms with Gasteiger partial charge in [-0.25, -0.2) is 8.42 Å². The molecule has 1 amide bonds. The van der Waals surface area contributed by atoms with Crippen molar-refractivity contribution < 1.29 is 17.9 Å². The van der Waals surface area contributed by atoms with Crippen LogP contribution in [0.4, 0.5) is 0 Å². The normalized spacial score (nSPS) is 28.7. The molecule has 0 aromatic heterocycles. The number of carbonyl (C=O) groups is 1. The number of likely N-dealkylation sites (N-methyl/N-ethyl adjacent to an activating group) is 1. The van der Waals surface area contributed by atoms with Gasteiger partial charge in [-0.1, -0.05) is 19.3 Å². The molecule has 0 N–H and O–H groups in total. The van der Waals surface area contributed by atoms with E-state index in [0.29, 0.717) is 12.3 Å². The van der Waals surface area contributed by atoms with Gasteiger partial charge in [0, 0.05) is 33.2 Å². The Morgan fingerprint density at radius 1 is 1.26 bits per heavy atom. The Kier molecular flexibility index (Phi) is 6.08. The Morgan fingerprint density at radius 2 is 1.87 bits per heavy atom. The number of hydrogen-bond acceptors (Lipinski definition) is 4. The van der Waals surface area contributed by atoms with E-state index in [1.165, 1.54) is 23.6 Å². The van der Waals surface area contributed by atoms with Crippen molar-refractivity contribution in [3.8, 4) is 0 Å². The van der Waals surface area contributed by atoms with Gasteiger partial charge in [0.25, 0.3) is 0 Å². The van der Waals surface area contributed by atoms with Crippen LogP contribution < -0.4 is 0 Å². The molecule has 2 aliphatic rings.